The van der Waals surface area contributed by atoms with Crippen LogP contribution in [0.15, 0.2) is 4.40 Å². The van der Waals surface area contributed by atoms with E-state index in [2.05, 4.69) is 4.40 Å². The van der Waals surface area contributed by atoms with Crippen molar-refractivity contribution in [2.75, 3.05) is 6.61 Å². The second kappa shape index (κ2) is 5.56. The highest BCUT2D eigenvalue weighted by Crippen LogP contribution is 2.49. The van der Waals surface area contributed by atoms with Crippen molar-refractivity contribution >= 4 is 17.2 Å². The van der Waals surface area contributed by atoms with Crippen LogP contribution in [0.3, 0.4) is 0 Å². The fraction of sp³-hybridized carbons (Fsp3) is 0.938. The highest BCUT2D eigenvalue weighted by Gasteiger charge is 2.67. The highest BCUT2D eigenvalue weighted by atomic mass is 32.2. The molecule has 3 aliphatic heterocycles. The second-order valence-corrected chi connectivity index (χ2v) is 10.3. The zero-order valence-corrected chi connectivity index (χ0v) is 16.1. The van der Waals surface area contributed by atoms with Gasteiger partial charge < -0.3 is 23.7 Å². The molecule has 3 fully saturated rings. The largest absolute Gasteiger partial charge is 0.345 e. The van der Waals surface area contributed by atoms with Crippen molar-refractivity contribution in [1.82, 2.24) is 0 Å². The Morgan fingerprint density at radius 3 is 2.29 bits per heavy atom. The van der Waals surface area contributed by atoms with E-state index in [-0.39, 0.29) is 6.61 Å². The summed E-state index contributed by atoms with van der Waals surface area (Å²) in [5.74, 6) is -2.56. The summed E-state index contributed by atoms with van der Waals surface area (Å²) in [4.78, 5) is 0. The Morgan fingerprint density at radius 2 is 1.75 bits per heavy atom. The summed E-state index contributed by atoms with van der Waals surface area (Å²) in [6.07, 6.45) is 0.209. The molecular formula is C16H27NO6S. The van der Waals surface area contributed by atoms with Gasteiger partial charge in [0.2, 0.25) is 5.79 Å². The van der Waals surface area contributed by atoms with Gasteiger partial charge in [-0.15, -0.1) is 0 Å². The molecule has 0 aliphatic carbocycles. The topological polar surface area (TPSA) is 75.6 Å². The fourth-order valence-corrected chi connectivity index (χ4v) is 3.62. The lowest BCUT2D eigenvalue weighted by molar-refractivity contribution is -0.289. The summed E-state index contributed by atoms with van der Waals surface area (Å²) >= 11 is 0. The normalized spacial score (nSPS) is 42.0. The number of nitrogens with zero attached hydrogens (tertiary/aromatic N) is 1. The predicted molar refractivity (Wildman–Crippen MR) is 88.9 cm³/mol. The van der Waals surface area contributed by atoms with Crippen LogP contribution in [0.5, 0.6) is 0 Å². The van der Waals surface area contributed by atoms with E-state index in [1.165, 1.54) is 0 Å². The summed E-state index contributed by atoms with van der Waals surface area (Å²) in [6, 6.07) is 0. The van der Waals surface area contributed by atoms with Gasteiger partial charge in [-0.1, -0.05) is 0 Å². The molecule has 0 aromatic heterocycles. The molecule has 2 unspecified atom stereocenters. The molecule has 3 heterocycles. The molecule has 8 heteroatoms. The van der Waals surface area contributed by atoms with Crippen LogP contribution in [0.2, 0.25) is 0 Å². The molecule has 0 N–H and O–H groups in total. The molecule has 138 valence electrons. The number of ether oxygens (including phenoxy) is 5. The van der Waals surface area contributed by atoms with Gasteiger partial charge in [0.1, 0.15) is 35.9 Å². The first-order valence-electron chi connectivity index (χ1n) is 8.17. The quantitative estimate of drug-likeness (QED) is 0.700. The van der Waals surface area contributed by atoms with Crippen LogP contribution in [-0.2, 0) is 34.7 Å². The lowest BCUT2D eigenvalue weighted by atomic mass is 10.1. The monoisotopic (exact) mass is 361 g/mol. The van der Waals surface area contributed by atoms with Gasteiger partial charge in [-0.05, 0) is 48.5 Å². The van der Waals surface area contributed by atoms with Crippen molar-refractivity contribution in [3.8, 4) is 0 Å². The molecule has 7 nitrogen and oxygen atoms in total. The SMILES string of the molecule is CC1(C)O[C@@H]2[C@H](/C=N/S(=O)C(C)(C)C)OC3(COC(C)(C)O3)[C@@H]2O1. The Hall–Kier alpha value is -0.380. The van der Waals surface area contributed by atoms with Crippen molar-refractivity contribution in [2.45, 2.75) is 88.9 Å². The Morgan fingerprint density at radius 1 is 1.08 bits per heavy atom. The van der Waals surface area contributed by atoms with E-state index in [4.69, 9.17) is 23.7 Å². The van der Waals surface area contributed by atoms with Gasteiger partial charge in [-0.2, -0.15) is 4.40 Å². The van der Waals surface area contributed by atoms with Crippen LogP contribution in [0.4, 0.5) is 0 Å². The van der Waals surface area contributed by atoms with E-state index >= 15 is 0 Å². The van der Waals surface area contributed by atoms with Crippen LogP contribution in [0.25, 0.3) is 0 Å². The molecule has 0 amide bonds. The van der Waals surface area contributed by atoms with Gasteiger partial charge in [-0.25, -0.2) is 4.21 Å². The lowest BCUT2D eigenvalue weighted by Gasteiger charge is -2.30. The summed E-state index contributed by atoms with van der Waals surface area (Å²) < 4.78 is 45.7. The molecule has 1 spiro atoms. The van der Waals surface area contributed by atoms with Crippen LogP contribution in [0, 0.1) is 0 Å². The molecule has 0 aromatic rings. The summed E-state index contributed by atoms with van der Waals surface area (Å²) in [6.45, 7) is 13.2. The van der Waals surface area contributed by atoms with Gasteiger partial charge in [-0.3, -0.25) is 0 Å². The third-order valence-electron chi connectivity index (χ3n) is 4.09. The number of hydrogen-bond acceptors (Lipinski definition) is 6. The maximum absolute atomic E-state index is 12.2. The number of hydrogen-bond donors (Lipinski definition) is 0. The zero-order chi connectivity index (χ0) is 18.0. The standard InChI is InChI=1S/C16H27NO6S/c1-13(2,3)24(18)17-8-10-11-12(22-15(6,7)21-11)16(20-10)9-19-14(4,5)23-16/h8,10-12H,9H2,1-7H3/b17-8+/t10-,11+,12+,16?,24?/m0/s1. The minimum Gasteiger partial charge on any atom is -0.345 e. The van der Waals surface area contributed by atoms with Gasteiger partial charge in [0.25, 0.3) is 0 Å². The van der Waals surface area contributed by atoms with Gasteiger partial charge in [0.05, 0.1) is 4.75 Å². The molecule has 0 bridgehead atoms. The van der Waals surface area contributed by atoms with Crippen molar-refractivity contribution in [1.29, 1.82) is 0 Å². The molecule has 3 aliphatic rings. The van der Waals surface area contributed by atoms with E-state index in [1.54, 1.807) is 6.21 Å². The predicted octanol–water partition coefficient (Wildman–Crippen LogP) is 1.92. The molecule has 0 radical (unpaired) electrons. The van der Waals surface area contributed by atoms with Crippen LogP contribution in [-0.4, -0.2) is 57.5 Å². The Labute approximate surface area is 145 Å². The van der Waals surface area contributed by atoms with E-state index in [0.717, 1.165) is 0 Å². The summed E-state index contributed by atoms with van der Waals surface area (Å²) in [5, 5.41) is 0. The summed E-state index contributed by atoms with van der Waals surface area (Å²) in [5.41, 5.74) is 0. The zero-order valence-electron chi connectivity index (χ0n) is 15.3. The van der Waals surface area contributed by atoms with Crippen molar-refractivity contribution in [2.24, 2.45) is 4.40 Å². The molecule has 3 saturated heterocycles. The number of fused-ring (bicyclic) bond motifs is 2. The van der Waals surface area contributed by atoms with Crippen LogP contribution in [0.1, 0.15) is 48.5 Å². The van der Waals surface area contributed by atoms with Crippen molar-refractivity contribution in [3.63, 3.8) is 0 Å². The summed E-state index contributed by atoms with van der Waals surface area (Å²) in [7, 11) is -1.37. The lowest BCUT2D eigenvalue weighted by Crippen LogP contribution is -2.46. The van der Waals surface area contributed by atoms with Crippen molar-refractivity contribution < 1.29 is 27.9 Å². The van der Waals surface area contributed by atoms with E-state index in [0.29, 0.717) is 0 Å². The number of rotatable bonds is 2. The maximum Gasteiger partial charge on any atom is 0.225 e. The Kier molecular flexibility index (Phi) is 4.26. The third-order valence-corrected chi connectivity index (χ3v) is 5.45. The molecule has 3 rings (SSSR count). The van der Waals surface area contributed by atoms with E-state index in [1.807, 2.05) is 48.5 Å². The first-order valence-corrected chi connectivity index (χ1v) is 9.28. The molecule has 5 atom stereocenters. The third kappa shape index (κ3) is 3.32. The minimum absolute atomic E-state index is 0.243. The first kappa shape index (κ1) is 18.4. The first-order chi connectivity index (χ1) is 10.8. The van der Waals surface area contributed by atoms with Crippen LogP contribution >= 0.6 is 0 Å². The van der Waals surface area contributed by atoms with Gasteiger partial charge >= 0.3 is 0 Å². The minimum atomic E-state index is -1.37. The fourth-order valence-electron chi connectivity index (χ4n) is 3.07. The molecule has 0 aromatic carbocycles. The van der Waals surface area contributed by atoms with Gasteiger partial charge in [0, 0.05) is 6.21 Å². The van der Waals surface area contributed by atoms with E-state index in [9.17, 15) is 4.21 Å². The van der Waals surface area contributed by atoms with Crippen LogP contribution < -0.4 is 0 Å². The Balaban J connectivity index is 1.84. The maximum atomic E-state index is 12.2. The van der Waals surface area contributed by atoms with Crippen molar-refractivity contribution in [3.05, 3.63) is 0 Å². The molecular weight excluding hydrogens is 334 g/mol. The van der Waals surface area contributed by atoms with E-state index < -0.39 is 51.4 Å². The highest BCUT2D eigenvalue weighted by molar-refractivity contribution is 7.85. The van der Waals surface area contributed by atoms with Gasteiger partial charge in [0.15, 0.2) is 11.6 Å². The average molecular weight is 361 g/mol. The average Bonchev–Trinajstić information content (AvgIpc) is 2.98. The molecule has 24 heavy (non-hydrogen) atoms. The smallest absolute Gasteiger partial charge is 0.225 e. The molecule has 0 saturated carbocycles. The second-order valence-electron chi connectivity index (χ2n) is 8.32. The Bertz CT molecular complexity index is 569.